The fourth-order valence-electron chi connectivity index (χ4n) is 2.07. The Hall–Kier alpha value is -2.27. The van der Waals surface area contributed by atoms with Crippen molar-refractivity contribution in [3.05, 3.63) is 64.9 Å². The normalized spacial score (nSPS) is 10.3. The Labute approximate surface area is 133 Å². The number of benzene rings is 2. The minimum absolute atomic E-state index is 0.332. The van der Waals surface area contributed by atoms with Crippen molar-refractivity contribution in [2.24, 2.45) is 0 Å². The van der Waals surface area contributed by atoms with E-state index in [4.69, 9.17) is 21.4 Å². The average molecular weight is 319 g/mol. The number of rotatable bonds is 5. The molecule has 0 spiro atoms. The molecular formula is C16H13BClFO3. The highest BCUT2D eigenvalue weighted by Crippen LogP contribution is 2.32. The molecule has 6 heteroatoms. The molecule has 112 valence electrons. The van der Waals surface area contributed by atoms with Crippen LogP contribution in [0.5, 0.6) is 5.75 Å². The number of halogens is 2. The first-order chi connectivity index (χ1) is 10.4. The van der Waals surface area contributed by atoms with Gasteiger partial charge in [-0.1, -0.05) is 29.7 Å². The number of hydrogen-bond acceptors (Lipinski definition) is 2. The summed E-state index contributed by atoms with van der Waals surface area (Å²) in [5.41, 5.74) is 2.37. The third-order valence-corrected chi connectivity index (χ3v) is 3.24. The van der Waals surface area contributed by atoms with Crippen LogP contribution in [0.15, 0.2) is 43.0 Å². The topological polar surface area (TPSA) is 46.5 Å². The molecule has 0 radical (unpaired) electrons. The van der Waals surface area contributed by atoms with Gasteiger partial charge in [0.25, 0.3) is 0 Å². The van der Waals surface area contributed by atoms with Crippen LogP contribution in [0.25, 0.3) is 5.57 Å². The summed E-state index contributed by atoms with van der Waals surface area (Å²) in [6.07, 6.45) is 0. The van der Waals surface area contributed by atoms with Crippen molar-refractivity contribution < 1.29 is 19.0 Å². The van der Waals surface area contributed by atoms with Gasteiger partial charge in [-0.3, -0.25) is 0 Å². The number of hydrogen-bond donors (Lipinski definition) is 1. The second-order valence-corrected chi connectivity index (χ2v) is 5.26. The number of ether oxygens (including phenoxy) is 1. The van der Waals surface area contributed by atoms with Gasteiger partial charge in [0.05, 0.1) is 0 Å². The third-order valence-electron chi connectivity index (χ3n) is 3.01. The van der Waals surface area contributed by atoms with Gasteiger partial charge < -0.3 is 9.84 Å². The molecule has 0 aromatic heterocycles. The van der Waals surface area contributed by atoms with Crippen LogP contribution in [0.2, 0.25) is 5.02 Å². The van der Waals surface area contributed by atoms with Crippen LogP contribution in [0.3, 0.4) is 0 Å². The molecule has 22 heavy (non-hydrogen) atoms. The summed E-state index contributed by atoms with van der Waals surface area (Å²) in [5.74, 6) is -1.13. The van der Waals surface area contributed by atoms with Gasteiger partial charge >= 0.3 is 5.97 Å². The first-order valence-corrected chi connectivity index (χ1v) is 6.85. The Kier molecular flexibility index (Phi) is 4.88. The molecule has 2 aromatic carbocycles. The summed E-state index contributed by atoms with van der Waals surface area (Å²) in [4.78, 5) is 10.7. The summed E-state index contributed by atoms with van der Waals surface area (Å²) < 4.78 is 18.8. The zero-order chi connectivity index (χ0) is 16.3. The van der Waals surface area contributed by atoms with Crippen molar-refractivity contribution >= 4 is 36.5 Å². The van der Waals surface area contributed by atoms with Gasteiger partial charge in [-0.2, -0.15) is 0 Å². The van der Waals surface area contributed by atoms with E-state index in [1.807, 2.05) is 0 Å². The lowest BCUT2D eigenvalue weighted by molar-refractivity contribution is -0.139. The number of carboxylic acid groups (broad SMARTS) is 1. The van der Waals surface area contributed by atoms with Crippen molar-refractivity contribution in [1.29, 1.82) is 0 Å². The highest BCUT2D eigenvalue weighted by atomic mass is 35.5. The molecule has 0 saturated heterocycles. The lowest BCUT2D eigenvalue weighted by atomic mass is 9.90. The fourth-order valence-corrected chi connectivity index (χ4v) is 2.24. The van der Waals surface area contributed by atoms with E-state index >= 15 is 0 Å². The monoisotopic (exact) mass is 318 g/mol. The van der Waals surface area contributed by atoms with Crippen LogP contribution in [-0.4, -0.2) is 25.5 Å². The first-order valence-electron chi connectivity index (χ1n) is 6.48. The number of carboxylic acids is 1. The van der Waals surface area contributed by atoms with Crippen LogP contribution in [0, 0.1) is 5.82 Å². The van der Waals surface area contributed by atoms with E-state index in [0.717, 1.165) is 5.46 Å². The maximum atomic E-state index is 13.6. The maximum absolute atomic E-state index is 13.6. The second kappa shape index (κ2) is 6.66. The molecule has 0 aliphatic rings. The van der Waals surface area contributed by atoms with Crippen molar-refractivity contribution in [3.63, 3.8) is 0 Å². The predicted octanol–water partition coefficient (Wildman–Crippen LogP) is 2.26. The second-order valence-electron chi connectivity index (χ2n) is 4.82. The molecule has 0 aliphatic carbocycles. The van der Waals surface area contributed by atoms with Gasteiger partial charge in [-0.15, -0.1) is 0 Å². The maximum Gasteiger partial charge on any atom is 0.341 e. The molecule has 2 rings (SSSR count). The summed E-state index contributed by atoms with van der Waals surface area (Å²) in [6, 6.07) is 9.33. The molecule has 0 fully saturated rings. The van der Waals surface area contributed by atoms with Crippen molar-refractivity contribution in [1.82, 2.24) is 0 Å². The summed E-state index contributed by atoms with van der Waals surface area (Å²) in [6.45, 7) is 3.47. The highest BCUT2D eigenvalue weighted by molar-refractivity contribution is 6.32. The Balaban J connectivity index is 2.43. The lowest BCUT2D eigenvalue weighted by Gasteiger charge is -2.14. The van der Waals surface area contributed by atoms with Crippen LogP contribution < -0.4 is 10.2 Å². The molecule has 0 atom stereocenters. The molecular weight excluding hydrogens is 305 g/mol. The van der Waals surface area contributed by atoms with Crippen LogP contribution in [0.4, 0.5) is 4.39 Å². The van der Waals surface area contributed by atoms with Gasteiger partial charge in [0.1, 0.15) is 19.4 Å². The highest BCUT2D eigenvalue weighted by Gasteiger charge is 2.12. The van der Waals surface area contributed by atoms with E-state index in [2.05, 4.69) is 6.58 Å². The average Bonchev–Trinajstić information content (AvgIpc) is 2.44. The zero-order valence-electron chi connectivity index (χ0n) is 11.9. The molecule has 0 amide bonds. The summed E-state index contributed by atoms with van der Waals surface area (Å²) in [5, 5.41) is 9.18. The summed E-state index contributed by atoms with van der Waals surface area (Å²) in [7, 11) is 1.78. The minimum Gasteiger partial charge on any atom is -0.481 e. The third kappa shape index (κ3) is 3.89. The van der Waals surface area contributed by atoms with Gasteiger partial charge in [0, 0.05) is 10.6 Å². The Morgan fingerprint density at radius 3 is 2.68 bits per heavy atom. The number of aliphatic carboxylic acids is 1. The molecule has 3 nitrogen and oxygen atoms in total. The number of carbonyl (C=O) groups is 1. The van der Waals surface area contributed by atoms with Crippen LogP contribution in [-0.2, 0) is 4.79 Å². The first kappa shape index (κ1) is 16.1. The quantitative estimate of drug-likeness (QED) is 0.860. The molecule has 0 heterocycles. The standard InChI is InChI=1S/C16H13BClFO3/c1-9(10-4-11(17)6-13(19)5-10)14-7-12(18)2-3-15(14)22-8-16(20)21/h2-7H,1,8,17H2,(H,20,21). The van der Waals surface area contributed by atoms with E-state index < -0.39 is 12.6 Å². The fraction of sp³-hybridized carbons (Fsp3) is 0.0625. The molecule has 0 saturated carbocycles. The van der Waals surface area contributed by atoms with Gasteiger partial charge in [0.2, 0.25) is 0 Å². The van der Waals surface area contributed by atoms with E-state index in [1.54, 1.807) is 32.1 Å². The van der Waals surface area contributed by atoms with Gasteiger partial charge in [0.15, 0.2) is 6.61 Å². The summed E-state index contributed by atoms with van der Waals surface area (Å²) >= 11 is 5.99. The molecule has 0 unspecified atom stereocenters. The zero-order valence-corrected chi connectivity index (χ0v) is 12.7. The van der Waals surface area contributed by atoms with E-state index in [0.29, 0.717) is 27.5 Å². The molecule has 0 bridgehead atoms. The van der Waals surface area contributed by atoms with Crippen molar-refractivity contribution in [3.8, 4) is 5.75 Å². The Morgan fingerprint density at radius 1 is 1.32 bits per heavy atom. The smallest absolute Gasteiger partial charge is 0.341 e. The SMILES string of the molecule is Bc1cc(F)cc(C(=C)c2cc(Cl)ccc2OCC(=O)O)c1. The van der Waals surface area contributed by atoms with Crippen molar-refractivity contribution in [2.45, 2.75) is 0 Å². The van der Waals surface area contributed by atoms with Crippen LogP contribution in [0.1, 0.15) is 11.1 Å². The molecule has 1 N–H and O–H groups in total. The predicted molar refractivity (Wildman–Crippen MR) is 87.3 cm³/mol. The van der Waals surface area contributed by atoms with Crippen LogP contribution >= 0.6 is 11.6 Å². The molecule has 0 aliphatic heterocycles. The van der Waals surface area contributed by atoms with Crippen molar-refractivity contribution in [2.75, 3.05) is 6.61 Å². The largest absolute Gasteiger partial charge is 0.481 e. The van der Waals surface area contributed by atoms with E-state index in [9.17, 15) is 9.18 Å². The Morgan fingerprint density at radius 2 is 2.05 bits per heavy atom. The molecule has 2 aromatic rings. The van der Waals surface area contributed by atoms with Gasteiger partial charge in [-0.25, -0.2) is 9.18 Å². The lowest BCUT2D eigenvalue weighted by Crippen LogP contribution is -2.11. The van der Waals surface area contributed by atoms with Gasteiger partial charge in [-0.05, 0) is 41.5 Å². The van der Waals surface area contributed by atoms with E-state index in [-0.39, 0.29) is 5.82 Å². The minimum atomic E-state index is -1.09. The Bertz CT molecular complexity index is 726. The van der Waals surface area contributed by atoms with E-state index in [1.165, 1.54) is 12.1 Å².